The number of halogens is 1. The van der Waals surface area contributed by atoms with Crippen molar-refractivity contribution in [3.05, 3.63) is 58.4 Å². The molecule has 0 saturated carbocycles. The highest BCUT2D eigenvalue weighted by Gasteiger charge is 2.52. The highest BCUT2D eigenvalue weighted by molar-refractivity contribution is 6.62. The first-order valence-corrected chi connectivity index (χ1v) is 11.0. The van der Waals surface area contributed by atoms with Crippen LogP contribution in [0.1, 0.15) is 67.9 Å². The summed E-state index contributed by atoms with van der Waals surface area (Å²) in [6.07, 6.45) is 0.738. The van der Waals surface area contributed by atoms with Crippen LogP contribution in [0, 0.1) is 0 Å². The van der Waals surface area contributed by atoms with Gasteiger partial charge in [-0.25, -0.2) is 4.98 Å². The van der Waals surface area contributed by atoms with E-state index in [1.807, 2.05) is 30.3 Å². The van der Waals surface area contributed by atoms with Crippen LogP contribution in [0.4, 0.5) is 0 Å². The van der Waals surface area contributed by atoms with E-state index in [9.17, 15) is 4.79 Å². The standard InChI is InChI=1S/C23H23BClN3O3/c1-22(2)23(3,4)31-24(30-22)12-8-9-15-17(10-12)28-18-11-16(20(28)26-15)27-21(29)13-6-5-7-14(25)19(13)18/h5-10,16,18H,11H2,1-4H3,(H,27,29)/t16-,18-/m1/s1. The van der Waals surface area contributed by atoms with Gasteiger partial charge in [0.15, 0.2) is 0 Å². The van der Waals surface area contributed by atoms with Crippen LogP contribution in [0.5, 0.6) is 0 Å². The van der Waals surface area contributed by atoms with Crippen molar-refractivity contribution in [2.45, 2.75) is 57.4 Å². The maximum Gasteiger partial charge on any atom is 0.494 e. The molecule has 31 heavy (non-hydrogen) atoms. The number of carbonyl (C=O) groups is 1. The molecule has 2 aromatic carbocycles. The summed E-state index contributed by atoms with van der Waals surface area (Å²) in [5.74, 6) is 0.770. The fourth-order valence-corrected chi connectivity index (χ4v) is 5.24. The normalized spacial score (nSPS) is 25.3. The third-order valence-electron chi connectivity index (χ3n) is 7.28. The number of nitrogens with one attached hydrogen (secondary N) is 1. The number of fused-ring (bicyclic) bond motifs is 9. The Bertz CT molecular complexity index is 1250. The Labute approximate surface area is 186 Å². The Morgan fingerprint density at radius 1 is 1.16 bits per heavy atom. The summed E-state index contributed by atoms with van der Waals surface area (Å²) in [6.45, 7) is 8.21. The van der Waals surface area contributed by atoms with E-state index in [2.05, 4.69) is 43.6 Å². The minimum Gasteiger partial charge on any atom is -0.399 e. The topological polar surface area (TPSA) is 65.4 Å². The van der Waals surface area contributed by atoms with E-state index >= 15 is 0 Å². The summed E-state index contributed by atoms with van der Waals surface area (Å²) in [4.78, 5) is 17.6. The molecule has 0 spiro atoms. The summed E-state index contributed by atoms with van der Waals surface area (Å²) in [5, 5.41) is 3.74. The molecule has 0 unspecified atom stereocenters. The number of amides is 1. The van der Waals surface area contributed by atoms with Crippen LogP contribution < -0.4 is 10.8 Å². The van der Waals surface area contributed by atoms with E-state index in [0.29, 0.717) is 10.6 Å². The zero-order valence-electron chi connectivity index (χ0n) is 17.9. The summed E-state index contributed by atoms with van der Waals surface area (Å²) in [5.41, 5.74) is 3.52. The van der Waals surface area contributed by atoms with Gasteiger partial charge in [-0.3, -0.25) is 4.79 Å². The van der Waals surface area contributed by atoms with E-state index in [1.165, 1.54) is 0 Å². The van der Waals surface area contributed by atoms with E-state index in [0.717, 1.165) is 34.3 Å². The Morgan fingerprint density at radius 3 is 2.65 bits per heavy atom. The largest absolute Gasteiger partial charge is 0.494 e. The van der Waals surface area contributed by atoms with Gasteiger partial charge in [0, 0.05) is 16.1 Å². The van der Waals surface area contributed by atoms with Gasteiger partial charge in [0.2, 0.25) is 0 Å². The molecule has 3 aliphatic heterocycles. The van der Waals surface area contributed by atoms with Gasteiger partial charge in [0.05, 0.1) is 34.3 Å². The van der Waals surface area contributed by atoms with Crippen LogP contribution in [0.15, 0.2) is 36.4 Å². The smallest absolute Gasteiger partial charge is 0.399 e. The molecule has 1 fully saturated rings. The molecular weight excluding hydrogens is 413 g/mol. The molecule has 8 heteroatoms. The lowest BCUT2D eigenvalue weighted by atomic mass is 9.79. The van der Waals surface area contributed by atoms with Crippen LogP contribution in [0.2, 0.25) is 5.02 Å². The molecule has 6 rings (SSSR count). The second-order valence-corrected chi connectivity index (χ2v) is 10.1. The molecule has 1 aromatic heterocycles. The van der Waals surface area contributed by atoms with E-state index in [4.69, 9.17) is 25.9 Å². The Balaban J connectivity index is 1.51. The van der Waals surface area contributed by atoms with Gasteiger partial charge >= 0.3 is 7.12 Å². The molecule has 2 bridgehead atoms. The number of rotatable bonds is 1. The van der Waals surface area contributed by atoms with Gasteiger partial charge < -0.3 is 19.2 Å². The van der Waals surface area contributed by atoms with Crippen LogP contribution in [-0.2, 0) is 9.31 Å². The predicted molar refractivity (Wildman–Crippen MR) is 120 cm³/mol. The SMILES string of the molecule is CC1(C)OB(c2ccc3nc4n(c3c2)[C@@H]2C[C@H]4NC(=O)c3cccc(Cl)c32)OC1(C)C. The molecule has 1 amide bonds. The lowest BCUT2D eigenvalue weighted by Crippen LogP contribution is -2.41. The van der Waals surface area contributed by atoms with Crippen molar-refractivity contribution in [1.29, 1.82) is 0 Å². The average molecular weight is 436 g/mol. The van der Waals surface area contributed by atoms with Crippen LogP contribution >= 0.6 is 11.6 Å². The zero-order valence-corrected chi connectivity index (χ0v) is 18.7. The van der Waals surface area contributed by atoms with E-state index < -0.39 is 18.3 Å². The number of nitrogens with zero attached hydrogens (tertiary/aromatic N) is 2. The number of carbonyl (C=O) groups excluding carboxylic acids is 1. The quantitative estimate of drug-likeness (QED) is 0.591. The lowest BCUT2D eigenvalue weighted by Gasteiger charge is -2.32. The van der Waals surface area contributed by atoms with Crippen molar-refractivity contribution < 1.29 is 14.1 Å². The highest BCUT2D eigenvalue weighted by atomic mass is 35.5. The van der Waals surface area contributed by atoms with Crippen molar-refractivity contribution in [2.75, 3.05) is 0 Å². The second kappa shape index (κ2) is 6.12. The monoisotopic (exact) mass is 435 g/mol. The Hall–Kier alpha value is -2.35. The van der Waals surface area contributed by atoms with Gasteiger partial charge in [0.25, 0.3) is 5.91 Å². The van der Waals surface area contributed by atoms with Gasteiger partial charge in [-0.2, -0.15) is 0 Å². The first-order chi connectivity index (χ1) is 14.7. The molecule has 158 valence electrons. The fraction of sp³-hybridized carbons (Fsp3) is 0.391. The maximum absolute atomic E-state index is 12.8. The summed E-state index contributed by atoms with van der Waals surface area (Å²) >= 11 is 6.60. The molecule has 2 atom stereocenters. The summed E-state index contributed by atoms with van der Waals surface area (Å²) in [6, 6.07) is 11.4. The average Bonchev–Trinajstić information content (AvgIpc) is 3.26. The molecule has 0 radical (unpaired) electrons. The lowest BCUT2D eigenvalue weighted by molar-refractivity contribution is 0.00578. The van der Waals surface area contributed by atoms with Gasteiger partial charge in [0.1, 0.15) is 5.82 Å². The third-order valence-corrected chi connectivity index (χ3v) is 7.61. The van der Waals surface area contributed by atoms with Crippen molar-refractivity contribution in [1.82, 2.24) is 14.9 Å². The molecule has 1 N–H and O–H groups in total. The number of benzene rings is 2. The molecule has 4 heterocycles. The van der Waals surface area contributed by atoms with Gasteiger partial charge in [-0.15, -0.1) is 0 Å². The van der Waals surface area contributed by atoms with Crippen LogP contribution in [0.3, 0.4) is 0 Å². The van der Waals surface area contributed by atoms with Gasteiger partial charge in [-0.1, -0.05) is 23.7 Å². The first kappa shape index (κ1) is 19.3. The number of hydrogen-bond acceptors (Lipinski definition) is 4. The number of hydrogen-bond donors (Lipinski definition) is 1. The fourth-order valence-electron chi connectivity index (χ4n) is 4.94. The van der Waals surface area contributed by atoms with Crippen LogP contribution in [-0.4, -0.2) is 33.8 Å². The number of aromatic nitrogens is 2. The maximum atomic E-state index is 12.8. The number of imidazole rings is 1. The second-order valence-electron chi connectivity index (χ2n) is 9.66. The molecule has 0 aliphatic carbocycles. The van der Waals surface area contributed by atoms with Crippen molar-refractivity contribution in [2.24, 2.45) is 0 Å². The van der Waals surface area contributed by atoms with Crippen molar-refractivity contribution in [3.8, 4) is 0 Å². The first-order valence-electron chi connectivity index (χ1n) is 10.6. The molecule has 1 saturated heterocycles. The summed E-state index contributed by atoms with van der Waals surface area (Å²) in [7, 11) is -0.445. The summed E-state index contributed by atoms with van der Waals surface area (Å²) < 4.78 is 14.7. The Morgan fingerprint density at radius 2 is 1.90 bits per heavy atom. The third kappa shape index (κ3) is 2.60. The minimum atomic E-state index is -0.445. The molecule has 6 nitrogen and oxygen atoms in total. The molecular formula is C23H23BClN3O3. The van der Waals surface area contributed by atoms with Crippen molar-refractivity contribution >= 4 is 41.1 Å². The molecule has 3 aromatic rings. The predicted octanol–water partition coefficient (Wildman–Crippen LogP) is 3.77. The van der Waals surface area contributed by atoms with Crippen molar-refractivity contribution in [3.63, 3.8) is 0 Å². The zero-order chi connectivity index (χ0) is 21.7. The minimum absolute atomic E-state index is 0.0544. The Kier molecular flexibility index (Phi) is 3.82. The van der Waals surface area contributed by atoms with Gasteiger partial charge in [-0.05, 0) is 63.8 Å². The van der Waals surface area contributed by atoms with Crippen LogP contribution in [0.25, 0.3) is 11.0 Å². The van der Waals surface area contributed by atoms with E-state index in [1.54, 1.807) is 0 Å². The molecule has 3 aliphatic rings. The van der Waals surface area contributed by atoms with E-state index in [-0.39, 0.29) is 18.0 Å². The highest BCUT2D eigenvalue weighted by Crippen LogP contribution is 2.46.